The molecule has 1 heterocycles. The van der Waals surface area contributed by atoms with Crippen molar-refractivity contribution < 1.29 is 29.3 Å². The van der Waals surface area contributed by atoms with Crippen LogP contribution in [0.15, 0.2) is 54.8 Å². The van der Waals surface area contributed by atoms with Gasteiger partial charge >= 0.3 is 11.9 Å². The van der Waals surface area contributed by atoms with E-state index in [9.17, 15) is 14.4 Å². The molecule has 1 aromatic carbocycles. The number of carbonyl (C=O) groups excluding carboxylic acids is 1. The van der Waals surface area contributed by atoms with Crippen LogP contribution in [-0.2, 0) is 25.5 Å². The Labute approximate surface area is 189 Å². The summed E-state index contributed by atoms with van der Waals surface area (Å²) in [7, 11) is 0. The van der Waals surface area contributed by atoms with Gasteiger partial charge in [-0.1, -0.05) is 30.3 Å². The Morgan fingerprint density at radius 1 is 1.00 bits per heavy atom. The first-order valence-corrected chi connectivity index (χ1v) is 10.7. The maximum atomic E-state index is 12.3. The van der Waals surface area contributed by atoms with Gasteiger partial charge in [0.2, 0.25) is 5.91 Å². The van der Waals surface area contributed by atoms with E-state index in [4.69, 9.17) is 14.9 Å². The van der Waals surface area contributed by atoms with Crippen LogP contribution >= 0.6 is 0 Å². The van der Waals surface area contributed by atoms with Gasteiger partial charge in [-0.05, 0) is 45.7 Å². The number of piperazine rings is 1. The topological polar surface area (TPSA) is 107 Å². The molecule has 0 spiro atoms. The maximum absolute atomic E-state index is 12.3. The quantitative estimate of drug-likeness (QED) is 0.444. The number of carboxylic acids is 2. The fourth-order valence-electron chi connectivity index (χ4n) is 3.39. The molecule has 1 saturated heterocycles. The van der Waals surface area contributed by atoms with Crippen LogP contribution in [-0.4, -0.2) is 76.2 Å². The summed E-state index contributed by atoms with van der Waals surface area (Å²) < 4.78 is 5.13. The third-order valence-corrected chi connectivity index (χ3v) is 4.99. The van der Waals surface area contributed by atoms with Crippen molar-refractivity contribution in [3.8, 4) is 0 Å². The van der Waals surface area contributed by atoms with Gasteiger partial charge in [0, 0.05) is 43.4 Å². The standard InChI is InChI=1S/C20H30N2O2.C4H4O4/c1-4-24-14-12-20(23)22-16-17(2)21(15-18(22)3)13-8-11-19-9-6-5-7-10-19;5-3(6)1-2-4(7)8/h5-7,9-10,12,14,17-18H,4,8,11,13,15-16H2,1-3H3;1-2H,(H,5,6)(H,7,8)/b;2-1-/t17-,18+;/m0./s1. The molecule has 1 aromatic rings. The van der Waals surface area contributed by atoms with E-state index in [0.717, 1.165) is 32.5 Å². The Bertz CT molecular complexity index is 762. The molecule has 0 unspecified atom stereocenters. The average Bonchev–Trinajstić information content (AvgIpc) is 2.75. The van der Waals surface area contributed by atoms with Gasteiger partial charge in [-0.3, -0.25) is 9.69 Å². The minimum atomic E-state index is -1.26. The van der Waals surface area contributed by atoms with Gasteiger partial charge in [-0.15, -0.1) is 0 Å². The lowest BCUT2D eigenvalue weighted by Crippen LogP contribution is -2.57. The summed E-state index contributed by atoms with van der Waals surface area (Å²) in [5.74, 6) is -2.47. The molecule has 0 radical (unpaired) electrons. The van der Waals surface area contributed by atoms with Crippen molar-refractivity contribution in [2.75, 3.05) is 26.2 Å². The van der Waals surface area contributed by atoms with Gasteiger partial charge in [0.15, 0.2) is 0 Å². The summed E-state index contributed by atoms with van der Waals surface area (Å²) in [6.45, 7) is 9.63. The number of aliphatic carboxylic acids is 2. The van der Waals surface area contributed by atoms with E-state index < -0.39 is 11.9 Å². The zero-order valence-corrected chi connectivity index (χ0v) is 19.0. The summed E-state index contributed by atoms with van der Waals surface area (Å²) in [6.07, 6.45) is 6.42. The van der Waals surface area contributed by atoms with E-state index in [1.807, 2.05) is 11.8 Å². The molecule has 0 aliphatic carbocycles. The lowest BCUT2D eigenvalue weighted by Gasteiger charge is -2.43. The minimum absolute atomic E-state index is 0.0479. The number of benzene rings is 1. The van der Waals surface area contributed by atoms with Crippen molar-refractivity contribution in [2.45, 2.75) is 45.7 Å². The highest BCUT2D eigenvalue weighted by Gasteiger charge is 2.30. The Hall–Kier alpha value is -3.13. The molecule has 2 N–H and O–H groups in total. The van der Waals surface area contributed by atoms with Crippen LogP contribution in [0.1, 0.15) is 32.8 Å². The van der Waals surface area contributed by atoms with Crippen LogP contribution in [0.3, 0.4) is 0 Å². The van der Waals surface area contributed by atoms with E-state index in [1.165, 1.54) is 17.9 Å². The van der Waals surface area contributed by atoms with Crippen LogP contribution < -0.4 is 0 Å². The van der Waals surface area contributed by atoms with E-state index in [0.29, 0.717) is 24.8 Å². The number of ether oxygens (including phenoxy) is 1. The highest BCUT2D eigenvalue weighted by atomic mass is 16.5. The Kier molecular flexibility index (Phi) is 12.4. The largest absolute Gasteiger partial charge is 0.501 e. The Morgan fingerprint density at radius 2 is 1.62 bits per heavy atom. The lowest BCUT2D eigenvalue weighted by atomic mass is 10.1. The van der Waals surface area contributed by atoms with Gasteiger partial charge in [-0.2, -0.15) is 0 Å². The second-order valence-electron chi connectivity index (χ2n) is 7.54. The number of amides is 1. The zero-order chi connectivity index (χ0) is 23.9. The molecule has 0 saturated carbocycles. The van der Waals surface area contributed by atoms with E-state index in [2.05, 4.69) is 49.1 Å². The first kappa shape index (κ1) is 26.9. The number of aryl methyl sites for hydroxylation is 1. The van der Waals surface area contributed by atoms with Gasteiger partial charge in [0.25, 0.3) is 0 Å². The van der Waals surface area contributed by atoms with Crippen molar-refractivity contribution in [3.63, 3.8) is 0 Å². The fourth-order valence-corrected chi connectivity index (χ4v) is 3.39. The van der Waals surface area contributed by atoms with E-state index in [-0.39, 0.29) is 11.9 Å². The smallest absolute Gasteiger partial charge is 0.328 e. The molecule has 0 bridgehead atoms. The molecule has 8 nitrogen and oxygen atoms in total. The summed E-state index contributed by atoms with van der Waals surface area (Å²) >= 11 is 0. The van der Waals surface area contributed by atoms with Crippen molar-refractivity contribution in [3.05, 3.63) is 60.4 Å². The van der Waals surface area contributed by atoms with Crippen molar-refractivity contribution in [2.24, 2.45) is 0 Å². The summed E-state index contributed by atoms with van der Waals surface area (Å²) in [4.78, 5) is 35.8. The number of nitrogens with zero attached hydrogens (tertiary/aromatic N) is 2. The Balaban J connectivity index is 0.000000547. The van der Waals surface area contributed by atoms with Gasteiger partial charge < -0.3 is 19.8 Å². The lowest BCUT2D eigenvalue weighted by molar-refractivity contribution is -0.134. The number of hydrogen-bond acceptors (Lipinski definition) is 5. The molecule has 0 aromatic heterocycles. The molecule has 2 atom stereocenters. The monoisotopic (exact) mass is 446 g/mol. The predicted octanol–water partition coefficient (Wildman–Crippen LogP) is 2.80. The molecule has 2 rings (SSSR count). The molecule has 1 aliphatic heterocycles. The van der Waals surface area contributed by atoms with E-state index >= 15 is 0 Å². The molecule has 1 fully saturated rings. The molecule has 1 amide bonds. The normalized spacial score (nSPS) is 18.9. The molecular weight excluding hydrogens is 412 g/mol. The number of hydrogen-bond donors (Lipinski definition) is 2. The van der Waals surface area contributed by atoms with Crippen LogP contribution in [0.2, 0.25) is 0 Å². The SMILES string of the molecule is CCOC=CC(=O)N1C[C@H](C)N(CCCc2ccccc2)C[C@H]1C.O=C(O)/C=C\C(=O)O. The number of carbonyl (C=O) groups is 3. The van der Waals surface area contributed by atoms with Gasteiger partial charge in [-0.25, -0.2) is 9.59 Å². The fraction of sp³-hybridized carbons (Fsp3) is 0.458. The molecular formula is C24H34N2O6. The second-order valence-corrected chi connectivity index (χ2v) is 7.54. The third kappa shape index (κ3) is 10.8. The minimum Gasteiger partial charge on any atom is -0.501 e. The number of rotatable bonds is 9. The highest BCUT2D eigenvalue weighted by molar-refractivity contribution is 5.89. The average molecular weight is 447 g/mol. The van der Waals surface area contributed by atoms with E-state index in [1.54, 1.807) is 0 Å². The van der Waals surface area contributed by atoms with Crippen LogP contribution in [0.4, 0.5) is 0 Å². The van der Waals surface area contributed by atoms with Gasteiger partial charge in [0.1, 0.15) is 0 Å². The zero-order valence-electron chi connectivity index (χ0n) is 19.0. The molecule has 176 valence electrons. The van der Waals surface area contributed by atoms with Crippen molar-refractivity contribution >= 4 is 17.8 Å². The predicted molar refractivity (Wildman–Crippen MR) is 122 cm³/mol. The highest BCUT2D eigenvalue weighted by Crippen LogP contribution is 2.17. The Morgan fingerprint density at radius 3 is 2.19 bits per heavy atom. The van der Waals surface area contributed by atoms with Gasteiger partial charge in [0.05, 0.1) is 12.9 Å². The molecule has 8 heteroatoms. The van der Waals surface area contributed by atoms with Crippen molar-refractivity contribution in [1.29, 1.82) is 0 Å². The van der Waals surface area contributed by atoms with Crippen LogP contribution in [0.25, 0.3) is 0 Å². The molecule has 1 aliphatic rings. The summed E-state index contributed by atoms with van der Waals surface area (Å²) in [6, 6.07) is 11.3. The number of carboxylic acid groups (broad SMARTS) is 2. The van der Waals surface area contributed by atoms with Crippen molar-refractivity contribution in [1.82, 2.24) is 9.80 Å². The summed E-state index contributed by atoms with van der Waals surface area (Å²) in [5.41, 5.74) is 1.40. The first-order chi connectivity index (χ1) is 15.2. The van der Waals surface area contributed by atoms with Crippen LogP contribution in [0.5, 0.6) is 0 Å². The second kappa shape index (κ2) is 14.8. The third-order valence-electron chi connectivity index (χ3n) is 4.99. The maximum Gasteiger partial charge on any atom is 0.328 e. The van der Waals surface area contributed by atoms with Crippen LogP contribution in [0, 0.1) is 0 Å². The molecule has 32 heavy (non-hydrogen) atoms. The summed E-state index contributed by atoms with van der Waals surface area (Å²) in [5, 5.41) is 15.6. The first-order valence-electron chi connectivity index (χ1n) is 10.7.